The van der Waals surface area contributed by atoms with Crippen LogP contribution in [0.3, 0.4) is 0 Å². The van der Waals surface area contributed by atoms with Crippen molar-refractivity contribution < 1.29 is 18.7 Å². The van der Waals surface area contributed by atoms with Gasteiger partial charge in [-0.1, -0.05) is 94.3 Å². The lowest BCUT2D eigenvalue weighted by Gasteiger charge is -2.41. The Morgan fingerprint density at radius 3 is 1.95 bits per heavy atom. The molecule has 0 bridgehead atoms. The van der Waals surface area contributed by atoms with Crippen molar-refractivity contribution in [2.45, 2.75) is 83.9 Å². The van der Waals surface area contributed by atoms with E-state index >= 15 is 0 Å². The lowest BCUT2D eigenvalue weighted by atomic mass is 9.91. The number of nitrogens with zero attached hydrogens (tertiary/aromatic N) is 1. The number of carbonyl (C=O) groups excluding carboxylic acids is 1. The van der Waals surface area contributed by atoms with Crippen molar-refractivity contribution in [1.29, 1.82) is 0 Å². The average molecular weight is 536 g/mol. The molecule has 0 aliphatic rings. The normalized spacial score (nSPS) is 14.1. The zero-order valence-corrected chi connectivity index (χ0v) is 25.1. The highest BCUT2D eigenvalue weighted by Crippen LogP contribution is 2.41. The molecule has 38 heavy (non-hydrogen) atoms. The maximum atomic E-state index is 12.9. The van der Waals surface area contributed by atoms with Crippen LogP contribution in [-0.4, -0.2) is 36.8 Å². The van der Waals surface area contributed by atoms with Gasteiger partial charge in [0.05, 0.1) is 12.3 Å². The summed E-state index contributed by atoms with van der Waals surface area (Å²) in [5.41, 5.74) is -0.563. The Kier molecular flexibility index (Phi) is 9.66. The molecule has 206 valence electrons. The minimum Gasteiger partial charge on any atom is -0.467 e. The molecule has 1 N–H and O–H groups in total. The molecule has 0 spiro atoms. The molecule has 0 saturated carbocycles. The highest BCUT2D eigenvalue weighted by atomic mass is 28.4. The first-order valence-corrected chi connectivity index (χ1v) is 15.6. The molecular formula is C32H45NO4Si. The van der Waals surface area contributed by atoms with Gasteiger partial charge in [0, 0.05) is 7.05 Å². The first kappa shape index (κ1) is 29.7. The predicted octanol–water partition coefficient (Wildman–Crippen LogP) is 6.92. The SMILES string of the molecule is C[C@H](CCCCC(C)(C)[Si](O)(c1ccccc1)c1ccccc1)[C@@H](c1ccco1)N(C)C(=O)OC(C)(C)C. The van der Waals surface area contributed by atoms with Crippen LogP contribution in [0, 0.1) is 5.92 Å². The highest BCUT2D eigenvalue weighted by Gasteiger charge is 2.49. The van der Waals surface area contributed by atoms with Crippen LogP contribution in [0.25, 0.3) is 0 Å². The molecular weight excluding hydrogens is 490 g/mol. The number of furan rings is 1. The van der Waals surface area contributed by atoms with Crippen LogP contribution >= 0.6 is 0 Å². The van der Waals surface area contributed by atoms with Crippen LogP contribution in [0.4, 0.5) is 4.79 Å². The van der Waals surface area contributed by atoms with E-state index in [9.17, 15) is 9.59 Å². The van der Waals surface area contributed by atoms with Gasteiger partial charge in [-0.2, -0.15) is 0 Å². The quantitative estimate of drug-likeness (QED) is 0.214. The third-order valence-corrected chi connectivity index (χ3v) is 12.1. The lowest BCUT2D eigenvalue weighted by Crippen LogP contribution is -2.65. The summed E-state index contributed by atoms with van der Waals surface area (Å²) in [4.78, 5) is 26.9. The van der Waals surface area contributed by atoms with Gasteiger partial charge >= 0.3 is 6.09 Å². The van der Waals surface area contributed by atoms with E-state index in [1.807, 2.05) is 69.3 Å². The largest absolute Gasteiger partial charge is 0.467 e. The van der Waals surface area contributed by atoms with Gasteiger partial charge in [0.2, 0.25) is 0 Å². The monoisotopic (exact) mass is 535 g/mol. The number of unbranched alkanes of at least 4 members (excludes halogenated alkanes) is 1. The summed E-state index contributed by atoms with van der Waals surface area (Å²) in [6.45, 7) is 12.2. The third-order valence-electron chi connectivity index (χ3n) is 7.55. The van der Waals surface area contributed by atoms with Crippen LogP contribution < -0.4 is 10.4 Å². The second-order valence-corrected chi connectivity index (χ2v) is 16.0. The summed E-state index contributed by atoms with van der Waals surface area (Å²) >= 11 is 0. The second kappa shape index (κ2) is 12.3. The van der Waals surface area contributed by atoms with Gasteiger partial charge in [-0.3, -0.25) is 0 Å². The summed E-state index contributed by atoms with van der Waals surface area (Å²) in [6.07, 6.45) is 5.09. The van der Waals surface area contributed by atoms with E-state index in [0.717, 1.165) is 41.8 Å². The average Bonchev–Trinajstić information content (AvgIpc) is 3.40. The Labute approximate surface area is 230 Å². The van der Waals surface area contributed by atoms with Crippen LogP contribution in [0.15, 0.2) is 83.5 Å². The van der Waals surface area contributed by atoms with Crippen molar-refractivity contribution in [3.05, 3.63) is 84.8 Å². The smallest absolute Gasteiger partial charge is 0.410 e. The molecule has 1 aromatic heterocycles. The Hall–Kier alpha value is -2.83. The molecule has 0 aliphatic heterocycles. The van der Waals surface area contributed by atoms with E-state index < -0.39 is 13.9 Å². The number of hydrogen-bond donors (Lipinski definition) is 1. The van der Waals surface area contributed by atoms with Crippen LogP contribution in [0.1, 0.15) is 79.0 Å². The van der Waals surface area contributed by atoms with Crippen molar-refractivity contribution in [3.8, 4) is 0 Å². The molecule has 0 unspecified atom stereocenters. The fourth-order valence-electron chi connectivity index (χ4n) is 5.44. The maximum Gasteiger partial charge on any atom is 0.410 e. The Morgan fingerprint density at radius 2 is 1.47 bits per heavy atom. The summed E-state index contributed by atoms with van der Waals surface area (Å²) in [6, 6.07) is 23.9. The van der Waals surface area contributed by atoms with Crippen LogP contribution in [0.5, 0.6) is 0 Å². The van der Waals surface area contributed by atoms with Gasteiger partial charge < -0.3 is 18.8 Å². The fourth-order valence-corrected chi connectivity index (χ4v) is 9.22. The summed E-state index contributed by atoms with van der Waals surface area (Å²) in [7, 11) is -1.23. The topological polar surface area (TPSA) is 62.9 Å². The molecule has 0 aliphatic carbocycles. The van der Waals surface area contributed by atoms with Gasteiger partial charge in [0.1, 0.15) is 11.4 Å². The number of hydrogen-bond acceptors (Lipinski definition) is 4. The number of amides is 1. The molecule has 0 radical (unpaired) electrons. The van der Waals surface area contributed by atoms with E-state index in [1.54, 1.807) is 18.2 Å². The van der Waals surface area contributed by atoms with Crippen LogP contribution in [0.2, 0.25) is 5.04 Å². The van der Waals surface area contributed by atoms with Crippen molar-refractivity contribution in [2.75, 3.05) is 7.05 Å². The zero-order valence-electron chi connectivity index (χ0n) is 24.1. The number of carbonyl (C=O) groups is 1. The molecule has 1 heterocycles. The van der Waals surface area contributed by atoms with Crippen molar-refractivity contribution in [1.82, 2.24) is 4.90 Å². The van der Waals surface area contributed by atoms with Crippen molar-refractivity contribution in [3.63, 3.8) is 0 Å². The van der Waals surface area contributed by atoms with E-state index in [4.69, 9.17) is 9.15 Å². The Morgan fingerprint density at radius 1 is 0.921 bits per heavy atom. The van der Waals surface area contributed by atoms with E-state index in [1.165, 1.54) is 0 Å². The highest BCUT2D eigenvalue weighted by molar-refractivity contribution is 6.98. The third kappa shape index (κ3) is 6.97. The van der Waals surface area contributed by atoms with E-state index in [0.29, 0.717) is 0 Å². The molecule has 3 rings (SSSR count). The molecule has 0 fully saturated rings. The molecule has 0 saturated heterocycles. The van der Waals surface area contributed by atoms with Crippen molar-refractivity contribution >= 4 is 24.8 Å². The minimum absolute atomic E-state index is 0.168. The standard InChI is InChI=1S/C32H45NO4Si/c1-25(29(28-22-16-24-36-28)33(7)30(34)37-31(2,3)4)17-14-15-23-32(5,6)38(35,26-18-10-8-11-19-26)27-20-12-9-13-21-27/h8-13,16,18-22,24-25,29,35H,14-15,17,23H2,1-7H3/t25-,29+/m1/s1. The minimum atomic E-state index is -3.01. The number of ether oxygens (including phenoxy) is 1. The first-order valence-electron chi connectivity index (χ1n) is 13.7. The number of rotatable bonds is 11. The predicted molar refractivity (Wildman–Crippen MR) is 157 cm³/mol. The number of benzene rings is 2. The van der Waals surface area contributed by atoms with Crippen LogP contribution in [-0.2, 0) is 4.74 Å². The molecule has 2 aromatic carbocycles. The Balaban J connectivity index is 1.71. The maximum absolute atomic E-state index is 12.9. The van der Waals surface area contributed by atoms with Gasteiger partial charge in [0.15, 0.2) is 0 Å². The van der Waals surface area contributed by atoms with Gasteiger partial charge in [-0.05, 0) is 67.1 Å². The zero-order chi connectivity index (χ0) is 28.0. The summed E-state index contributed by atoms with van der Waals surface area (Å²) in [5, 5.41) is 1.81. The summed E-state index contributed by atoms with van der Waals surface area (Å²) < 4.78 is 11.4. The molecule has 5 nitrogen and oxygen atoms in total. The lowest BCUT2D eigenvalue weighted by molar-refractivity contribution is 0.0135. The Bertz CT molecular complexity index is 1080. The van der Waals surface area contributed by atoms with Crippen molar-refractivity contribution in [2.24, 2.45) is 5.92 Å². The second-order valence-electron chi connectivity index (χ2n) is 12.1. The van der Waals surface area contributed by atoms with Gasteiger partial charge in [-0.25, -0.2) is 4.79 Å². The van der Waals surface area contributed by atoms with E-state index in [-0.39, 0.29) is 23.1 Å². The molecule has 2 atom stereocenters. The molecule has 6 heteroatoms. The molecule has 3 aromatic rings. The molecule has 1 amide bonds. The van der Waals surface area contributed by atoms with E-state index in [2.05, 4.69) is 45.0 Å². The fraction of sp³-hybridized carbons (Fsp3) is 0.469. The van der Waals surface area contributed by atoms with Gasteiger partial charge in [-0.15, -0.1) is 0 Å². The first-order chi connectivity index (χ1) is 17.9. The van der Waals surface area contributed by atoms with Gasteiger partial charge in [0.25, 0.3) is 8.32 Å². The summed E-state index contributed by atoms with van der Waals surface area (Å²) in [5.74, 6) is 0.933.